The van der Waals surface area contributed by atoms with Gasteiger partial charge in [0.1, 0.15) is 0 Å². The van der Waals surface area contributed by atoms with Gasteiger partial charge in [-0.25, -0.2) is 0 Å². The number of halogens is 5. The second-order valence-electron chi connectivity index (χ2n) is 4.86. The number of hydrogen-bond acceptors (Lipinski definition) is 0. The van der Waals surface area contributed by atoms with Crippen LogP contribution in [0.4, 0.5) is 22.0 Å². The molecule has 0 unspecified atom stereocenters. The highest BCUT2D eigenvalue weighted by atomic mass is 19.4. The molecule has 1 nitrogen and oxygen atoms in total. The van der Waals surface area contributed by atoms with Crippen LogP contribution >= 0.6 is 0 Å². The maximum absolute atomic E-state index is 14.0. The molecule has 0 radical (unpaired) electrons. The summed E-state index contributed by atoms with van der Waals surface area (Å²) in [7, 11) is 0. The summed E-state index contributed by atoms with van der Waals surface area (Å²) in [4.78, 5) is 0. The minimum absolute atomic E-state index is 0.0389. The van der Waals surface area contributed by atoms with Crippen molar-refractivity contribution in [3.05, 3.63) is 35.9 Å². The SMILES string of the molecule is FC(F)(F)C(F)(F)[C@@]1(c2ccccc2)CCCC[NH2+]1. The van der Waals surface area contributed by atoms with Gasteiger partial charge in [-0.1, -0.05) is 30.3 Å². The number of alkyl halides is 5. The van der Waals surface area contributed by atoms with Gasteiger partial charge in [0, 0.05) is 12.0 Å². The average Bonchev–Trinajstić information content (AvgIpc) is 2.39. The standard InChI is InChI=1S/C13H14F5N/c14-12(15,13(16,17)18)11(8-4-5-9-19-11)10-6-2-1-3-7-10/h1-3,6-7,19H,4-5,8-9H2/p+1/t11-/m0/s1. The third kappa shape index (κ3) is 2.22. The first kappa shape index (κ1) is 14.2. The Morgan fingerprint density at radius 2 is 1.58 bits per heavy atom. The van der Waals surface area contributed by atoms with Crippen molar-refractivity contribution in [1.82, 2.24) is 0 Å². The maximum atomic E-state index is 14.0. The molecule has 0 amide bonds. The Morgan fingerprint density at radius 3 is 2.05 bits per heavy atom. The Morgan fingerprint density at radius 1 is 0.947 bits per heavy atom. The van der Waals surface area contributed by atoms with Crippen molar-refractivity contribution >= 4 is 0 Å². The summed E-state index contributed by atoms with van der Waals surface area (Å²) < 4.78 is 66.3. The molecular formula is C13H15F5N+. The van der Waals surface area contributed by atoms with Crippen LogP contribution in [0.15, 0.2) is 30.3 Å². The van der Waals surface area contributed by atoms with Gasteiger partial charge in [0.15, 0.2) is 5.54 Å². The number of hydrogen-bond donors (Lipinski definition) is 1. The monoisotopic (exact) mass is 280 g/mol. The van der Waals surface area contributed by atoms with E-state index in [0.717, 1.165) is 5.32 Å². The molecule has 6 heteroatoms. The number of rotatable bonds is 2. The molecule has 1 saturated heterocycles. The van der Waals surface area contributed by atoms with Gasteiger partial charge in [0.2, 0.25) is 0 Å². The van der Waals surface area contributed by atoms with Crippen LogP contribution in [-0.4, -0.2) is 18.6 Å². The smallest absolute Gasteiger partial charge is 0.332 e. The van der Waals surface area contributed by atoms with Gasteiger partial charge in [-0.15, -0.1) is 0 Å². The summed E-state index contributed by atoms with van der Waals surface area (Å²) >= 11 is 0. The molecule has 1 aromatic rings. The number of benzene rings is 1. The van der Waals surface area contributed by atoms with E-state index in [-0.39, 0.29) is 18.5 Å². The van der Waals surface area contributed by atoms with E-state index >= 15 is 0 Å². The molecular weight excluding hydrogens is 265 g/mol. The van der Waals surface area contributed by atoms with Gasteiger partial charge in [-0.3, -0.25) is 0 Å². The Kier molecular flexibility index (Phi) is 3.55. The fourth-order valence-electron chi connectivity index (χ4n) is 2.72. The predicted octanol–water partition coefficient (Wildman–Crippen LogP) is 2.83. The van der Waals surface area contributed by atoms with Crippen molar-refractivity contribution in [2.75, 3.05) is 6.54 Å². The molecule has 2 rings (SSSR count). The van der Waals surface area contributed by atoms with Gasteiger partial charge in [-0.05, 0) is 12.8 Å². The van der Waals surface area contributed by atoms with Crippen LogP contribution in [0.2, 0.25) is 0 Å². The van der Waals surface area contributed by atoms with Gasteiger partial charge >= 0.3 is 12.1 Å². The minimum Gasteiger partial charge on any atom is -0.332 e. The van der Waals surface area contributed by atoms with E-state index in [1.54, 1.807) is 6.07 Å². The Balaban J connectivity index is 2.53. The van der Waals surface area contributed by atoms with Crippen LogP contribution in [0.5, 0.6) is 0 Å². The predicted molar refractivity (Wildman–Crippen MR) is 59.8 cm³/mol. The summed E-state index contributed by atoms with van der Waals surface area (Å²) in [6, 6.07) is 7.28. The lowest BCUT2D eigenvalue weighted by molar-refractivity contribution is -0.771. The second-order valence-corrected chi connectivity index (χ2v) is 4.86. The summed E-state index contributed by atoms with van der Waals surface area (Å²) in [6.45, 7) is 0.278. The van der Waals surface area contributed by atoms with Crippen molar-refractivity contribution in [2.24, 2.45) is 0 Å². The Hall–Kier alpha value is -1.17. The number of quaternary nitrogens is 1. The topological polar surface area (TPSA) is 16.6 Å². The van der Waals surface area contributed by atoms with Crippen molar-refractivity contribution in [3.8, 4) is 0 Å². The van der Waals surface area contributed by atoms with E-state index in [4.69, 9.17) is 0 Å². The first-order valence-corrected chi connectivity index (χ1v) is 6.16. The van der Waals surface area contributed by atoms with Gasteiger partial charge < -0.3 is 5.32 Å². The zero-order valence-electron chi connectivity index (χ0n) is 10.2. The Labute approximate surface area is 107 Å². The lowest BCUT2D eigenvalue weighted by Gasteiger charge is -2.41. The lowest BCUT2D eigenvalue weighted by Crippen LogP contribution is -3.01. The zero-order chi connectivity index (χ0) is 14.1. The molecule has 106 valence electrons. The highest BCUT2D eigenvalue weighted by Crippen LogP contribution is 2.49. The zero-order valence-corrected chi connectivity index (χ0v) is 10.2. The van der Waals surface area contributed by atoms with E-state index in [9.17, 15) is 22.0 Å². The molecule has 0 aromatic heterocycles. The van der Waals surface area contributed by atoms with Crippen molar-refractivity contribution in [3.63, 3.8) is 0 Å². The molecule has 1 aliphatic heterocycles. The fraction of sp³-hybridized carbons (Fsp3) is 0.538. The third-order valence-corrected chi connectivity index (χ3v) is 3.72. The molecule has 2 N–H and O–H groups in total. The summed E-state index contributed by atoms with van der Waals surface area (Å²) in [6.07, 6.45) is -4.69. The first-order chi connectivity index (χ1) is 8.81. The quantitative estimate of drug-likeness (QED) is 0.802. The highest BCUT2D eigenvalue weighted by molar-refractivity contribution is 5.26. The van der Waals surface area contributed by atoms with E-state index in [0.29, 0.717) is 12.8 Å². The van der Waals surface area contributed by atoms with E-state index in [1.165, 1.54) is 24.3 Å². The van der Waals surface area contributed by atoms with Crippen molar-refractivity contribution in [1.29, 1.82) is 0 Å². The maximum Gasteiger partial charge on any atom is 0.460 e. The normalized spacial score (nSPS) is 25.3. The van der Waals surface area contributed by atoms with Gasteiger partial charge in [0.05, 0.1) is 6.54 Å². The second kappa shape index (κ2) is 4.74. The Bertz CT molecular complexity index is 420. The largest absolute Gasteiger partial charge is 0.460 e. The fourth-order valence-corrected chi connectivity index (χ4v) is 2.72. The van der Waals surface area contributed by atoms with Crippen LogP contribution in [0, 0.1) is 0 Å². The first-order valence-electron chi connectivity index (χ1n) is 6.16. The number of piperidine rings is 1. The molecule has 19 heavy (non-hydrogen) atoms. The summed E-state index contributed by atoms with van der Waals surface area (Å²) in [5.74, 6) is -4.75. The molecule has 1 heterocycles. The van der Waals surface area contributed by atoms with E-state index < -0.39 is 17.6 Å². The highest BCUT2D eigenvalue weighted by Gasteiger charge is 2.73. The van der Waals surface area contributed by atoms with E-state index in [2.05, 4.69) is 0 Å². The third-order valence-electron chi connectivity index (χ3n) is 3.72. The molecule has 0 aliphatic carbocycles. The summed E-state index contributed by atoms with van der Waals surface area (Å²) in [5.41, 5.74) is -2.19. The van der Waals surface area contributed by atoms with Crippen LogP contribution in [0.3, 0.4) is 0 Å². The lowest BCUT2D eigenvalue weighted by atomic mass is 9.77. The average molecular weight is 280 g/mol. The minimum atomic E-state index is -5.54. The molecule has 0 saturated carbocycles. The molecule has 1 fully saturated rings. The molecule has 1 atom stereocenters. The molecule has 1 aliphatic rings. The van der Waals surface area contributed by atoms with Crippen LogP contribution in [-0.2, 0) is 5.54 Å². The van der Waals surface area contributed by atoms with Crippen LogP contribution in [0.1, 0.15) is 24.8 Å². The van der Waals surface area contributed by atoms with Crippen molar-refractivity contribution < 1.29 is 27.3 Å². The number of nitrogens with two attached hydrogens (primary N) is 1. The van der Waals surface area contributed by atoms with Gasteiger partial charge in [-0.2, -0.15) is 22.0 Å². The molecule has 1 aromatic carbocycles. The molecule has 0 bridgehead atoms. The van der Waals surface area contributed by atoms with Crippen molar-refractivity contribution in [2.45, 2.75) is 36.9 Å². The van der Waals surface area contributed by atoms with Gasteiger partial charge in [0.25, 0.3) is 0 Å². The van der Waals surface area contributed by atoms with Crippen LogP contribution < -0.4 is 5.32 Å². The molecule has 0 spiro atoms. The van der Waals surface area contributed by atoms with E-state index in [1.807, 2.05) is 0 Å². The van der Waals surface area contributed by atoms with Crippen LogP contribution in [0.25, 0.3) is 0 Å². The summed E-state index contributed by atoms with van der Waals surface area (Å²) in [5, 5.41) is 1.15.